The Labute approximate surface area is 126 Å². The van der Waals surface area contributed by atoms with Crippen molar-refractivity contribution in [3.8, 4) is 0 Å². The van der Waals surface area contributed by atoms with Gasteiger partial charge in [0.05, 0.1) is 10.5 Å². The number of hydrogen-bond donors (Lipinski definition) is 1. The quantitative estimate of drug-likeness (QED) is 0.591. The Morgan fingerprint density at radius 3 is 2.62 bits per heavy atom. The van der Waals surface area contributed by atoms with Gasteiger partial charge in [0.25, 0.3) is 0 Å². The summed E-state index contributed by atoms with van der Waals surface area (Å²) in [7, 11) is -2.18. The molecule has 0 fully saturated rings. The van der Waals surface area contributed by atoms with Crippen LogP contribution < -0.4 is 0 Å². The van der Waals surface area contributed by atoms with Crippen LogP contribution in [0.25, 0.3) is 0 Å². The van der Waals surface area contributed by atoms with Crippen molar-refractivity contribution in [3.05, 3.63) is 42.0 Å². The van der Waals surface area contributed by atoms with E-state index in [0.717, 1.165) is 6.42 Å². The third-order valence-electron chi connectivity index (χ3n) is 3.26. The van der Waals surface area contributed by atoms with Gasteiger partial charge in [0.1, 0.15) is 0 Å². The van der Waals surface area contributed by atoms with Crippen molar-refractivity contribution in [1.82, 2.24) is 4.31 Å². The van der Waals surface area contributed by atoms with Crippen molar-refractivity contribution in [1.29, 1.82) is 0 Å². The minimum atomic E-state index is -3.68. The van der Waals surface area contributed by atoms with Crippen LogP contribution in [0.2, 0.25) is 0 Å². The number of benzene rings is 1. The van der Waals surface area contributed by atoms with Gasteiger partial charge in [-0.05, 0) is 37.0 Å². The molecular weight excluding hydrogens is 290 g/mol. The Kier molecular flexibility index (Phi) is 6.11. The van der Waals surface area contributed by atoms with Gasteiger partial charge in [-0.3, -0.25) is 0 Å². The highest BCUT2D eigenvalue weighted by Crippen LogP contribution is 2.22. The molecule has 0 saturated heterocycles. The van der Waals surface area contributed by atoms with E-state index < -0.39 is 16.0 Å². The van der Waals surface area contributed by atoms with Crippen LogP contribution in [0.1, 0.15) is 35.7 Å². The van der Waals surface area contributed by atoms with Crippen LogP contribution in [0.5, 0.6) is 0 Å². The summed E-state index contributed by atoms with van der Waals surface area (Å²) in [5, 5.41) is 9.03. The minimum absolute atomic E-state index is 0.0229. The zero-order chi connectivity index (χ0) is 16.0. The van der Waals surface area contributed by atoms with Crippen LogP contribution in [-0.2, 0) is 16.4 Å². The van der Waals surface area contributed by atoms with Crippen molar-refractivity contribution in [2.45, 2.75) is 31.1 Å². The van der Waals surface area contributed by atoms with Gasteiger partial charge in [0, 0.05) is 13.6 Å². The van der Waals surface area contributed by atoms with Gasteiger partial charge in [-0.2, -0.15) is 0 Å². The standard InChI is InChI=1S/C15H21NO4S/c1-4-6-7-10-16(3)21(19,20)14-11-13(15(17)18)9-8-12(14)5-2/h4,8-9,11H,1,5-7,10H2,2-3H3,(H,17,18). The molecule has 116 valence electrons. The fourth-order valence-electron chi connectivity index (χ4n) is 1.97. The number of carboxylic acid groups (broad SMARTS) is 1. The number of sulfonamides is 1. The fourth-order valence-corrected chi connectivity index (χ4v) is 3.49. The fraction of sp³-hybridized carbons (Fsp3) is 0.400. The lowest BCUT2D eigenvalue weighted by Crippen LogP contribution is -2.29. The molecular formula is C15H21NO4S. The smallest absolute Gasteiger partial charge is 0.335 e. The number of allylic oxidation sites excluding steroid dienone is 1. The summed E-state index contributed by atoms with van der Waals surface area (Å²) >= 11 is 0. The lowest BCUT2D eigenvalue weighted by Gasteiger charge is -2.19. The molecule has 21 heavy (non-hydrogen) atoms. The first-order chi connectivity index (χ1) is 9.84. The summed E-state index contributed by atoms with van der Waals surface area (Å²) in [6.45, 7) is 5.81. The van der Waals surface area contributed by atoms with Crippen molar-refractivity contribution >= 4 is 16.0 Å². The topological polar surface area (TPSA) is 74.7 Å². The zero-order valence-corrected chi connectivity index (χ0v) is 13.2. The van der Waals surface area contributed by atoms with Gasteiger partial charge in [-0.1, -0.05) is 19.1 Å². The summed E-state index contributed by atoms with van der Waals surface area (Å²) in [6.07, 6.45) is 3.67. The van der Waals surface area contributed by atoms with Crippen LogP contribution >= 0.6 is 0 Å². The number of hydrogen-bond acceptors (Lipinski definition) is 3. The summed E-state index contributed by atoms with van der Waals surface area (Å²) < 4.78 is 26.4. The summed E-state index contributed by atoms with van der Waals surface area (Å²) in [6, 6.07) is 4.23. The Hall–Kier alpha value is -1.66. The molecule has 0 saturated carbocycles. The van der Waals surface area contributed by atoms with E-state index in [1.165, 1.54) is 23.5 Å². The molecule has 1 rings (SSSR count). The molecule has 0 bridgehead atoms. The predicted molar refractivity (Wildman–Crippen MR) is 82.0 cm³/mol. The molecule has 0 aliphatic rings. The zero-order valence-electron chi connectivity index (χ0n) is 12.4. The molecule has 1 aromatic rings. The van der Waals surface area contributed by atoms with Crippen molar-refractivity contribution in [3.63, 3.8) is 0 Å². The number of aromatic carboxylic acids is 1. The van der Waals surface area contributed by atoms with E-state index in [0.29, 0.717) is 24.9 Å². The van der Waals surface area contributed by atoms with Crippen molar-refractivity contribution < 1.29 is 18.3 Å². The highest BCUT2D eigenvalue weighted by Gasteiger charge is 2.24. The molecule has 0 spiro atoms. The highest BCUT2D eigenvalue weighted by molar-refractivity contribution is 7.89. The molecule has 0 aromatic heterocycles. The first-order valence-electron chi connectivity index (χ1n) is 6.78. The van der Waals surface area contributed by atoms with Gasteiger partial charge in [-0.15, -0.1) is 6.58 Å². The van der Waals surface area contributed by atoms with Crippen molar-refractivity contribution in [2.75, 3.05) is 13.6 Å². The van der Waals surface area contributed by atoms with Crippen LogP contribution in [0.3, 0.4) is 0 Å². The molecule has 0 unspecified atom stereocenters. The first-order valence-corrected chi connectivity index (χ1v) is 8.22. The minimum Gasteiger partial charge on any atom is -0.478 e. The van der Waals surface area contributed by atoms with E-state index in [4.69, 9.17) is 5.11 Å². The molecule has 0 heterocycles. The van der Waals surface area contributed by atoms with Crippen LogP contribution in [0, 0.1) is 0 Å². The maximum absolute atomic E-state index is 12.6. The predicted octanol–water partition coefficient (Wildman–Crippen LogP) is 2.53. The number of rotatable bonds is 8. The summed E-state index contributed by atoms with van der Waals surface area (Å²) in [5.74, 6) is -1.14. The molecule has 0 atom stereocenters. The largest absolute Gasteiger partial charge is 0.478 e. The van der Waals surface area contributed by atoms with Crippen LogP contribution in [-0.4, -0.2) is 37.4 Å². The van der Waals surface area contributed by atoms with E-state index in [1.807, 2.05) is 6.92 Å². The number of unbranched alkanes of at least 4 members (excludes halogenated alkanes) is 1. The maximum Gasteiger partial charge on any atom is 0.335 e. The van der Waals surface area contributed by atoms with Gasteiger partial charge in [0.2, 0.25) is 10.0 Å². The molecule has 1 aromatic carbocycles. The average Bonchev–Trinajstić information content (AvgIpc) is 2.46. The van der Waals surface area contributed by atoms with E-state index in [9.17, 15) is 13.2 Å². The Bertz CT molecular complexity index is 623. The number of aryl methyl sites for hydroxylation is 1. The lowest BCUT2D eigenvalue weighted by molar-refractivity contribution is 0.0696. The van der Waals surface area contributed by atoms with Gasteiger partial charge in [0.15, 0.2) is 0 Å². The second-order valence-electron chi connectivity index (χ2n) is 4.74. The maximum atomic E-state index is 12.6. The number of nitrogens with zero attached hydrogens (tertiary/aromatic N) is 1. The molecule has 0 amide bonds. The van der Waals surface area contributed by atoms with E-state index in [1.54, 1.807) is 12.1 Å². The first kappa shape index (κ1) is 17.4. The number of carbonyl (C=O) groups is 1. The molecule has 0 radical (unpaired) electrons. The monoisotopic (exact) mass is 311 g/mol. The van der Waals surface area contributed by atoms with E-state index in [2.05, 4.69) is 6.58 Å². The summed E-state index contributed by atoms with van der Waals surface area (Å²) in [5.41, 5.74) is 0.598. The Balaban J connectivity index is 3.19. The molecule has 5 nitrogen and oxygen atoms in total. The van der Waals surface area contributed by atoms with E-state index >= 15 is 0 Å². The van der Waals surface area contributed by atoms with Crippen molar-refractivity contribution in [2.24, 2.45) is 0 Å². The summed E-state index contributed by atoms with van der Waals surface area (Å²) in [4.78, 5) is 11.1. The molecule has 6 heteroatoms. The van der Waals surface area contributed by atoms with Crippen LogP contribution in [0.4, 0.5) is 0 Å². The van der Waals surface area contributed by atoms with Crippen LogP contribution in [0.15, 0.2) is 35.7 Å². The van der Waals surface area contributed by atoms with Gasteiger partial charge in [-0.25, -0.2) is 17.5 Å². The van der Waals surface area contributed by atoms with Gasteiger partial charge >= 0.3 is 5.97 Å². The number of carboxylic acids is 1. The Morgan fingerprint density at radius 2 is 2.10 bits per heavy atom. The third kappa shape index (κ3) is 4.15. The SMILES string of the molecule is C=CCCCN(C)S(=O)(=O)c1cc(C(=O)O)ccc1CC. The lowest BCUT2D eigenvalue weighted by atomic mass is 10.1. The second-order valence-corrected chi connectivity index (χ2v) is 6.75. The molecule has 0 aliphatic heterocycles. The molecule has 0 aliphatic carbocycles. The normalized spacial score (nSPS) is 11.6. The molecule has 1 N–H and O–H groups in total. The highest BCUT2D eigenvalue weighted by atomic mass is 32.2. The second kappa shape index (κ2) is 7.38. The Morgan fingerprint density at radius 1 is 1.43 bits per heavy atom. The van der Waals surface area contributed by atoms with Gasteiger partial charge < -0.3 is 5.11 Å². The third-order valence-corrected chi connectivity index (χ3v) is 5.20. The average molecular weight is 311 g/mol. The van der Waals surface area contributed by atoms with E-state index in [-0.39, 0.29) is 10.5 Å².